The Kier molecular flexibility index (Phi) is 7.55. The molecule has 0 spiro atoms. The van der Waals surface area contributed by atoms with Gasteiger partial charge in [-0.1, -0.05) is 83.0 Å². The smallest absolute Gasteiger partial charge is 0.245 e. The fourth-order valence-electron chi connectivity index (χ4n) is 1.30. The summed E-state index contributed by atoms with van der Waals surface area (Å²) in [4.78, 5) is 24.5. The van der Waals surface area contributed by atoms with Crippen LogP contribution in [0.4, 0.5) is 0 Å². The van der Waals surface area contributed by atoms with Crippen molar-refractivity contribution in [2.45, 2.75) is 32.6 Å². The summed E-state index contributed by atoms with van der Waals surface area (Å²) in [5, 5.41) is 0. The average Bonchev–Trinajstić information content (AvgIpc) is 2.48. The van der Waals surface area contributed by atoms with E-state index in [1.807, 2.05) is 6.92 Å². The zero-order chi connectivity index (χ0) is 16.4. The highest BCUT2D eigenvalue weighted by Gasteiger charge is 2.31. The molecule has 0 saturated heterocycles. The molecule has 0 aliphatic heterocycles. The van der Waals surface area contributed by atoms with Crippen molar-refractivity contribution in [2.24, 2.45) is 0 Å². The maximum atomic E-state index is 12.2. The maximum absolute atomic E-state index is 12.2. The first-order valence-corrected chi connectivity index (χ1v) is 9.25. The molecule has 0 radical (unpaired) electrons. The predicted octanol–water partition coefficient (Wildman–Crippen LogP) is 4.26. The van der Waals surface area contributed by atoms with Gasteiger partial charge in [-0.15, -0.1) is 0 Å². The molecule has 0 aliphatic rings. The molecule has 0 bridgehead atoms. The Morgan fingerprint density at radius 2 is 1.29 bits per heavy atom. The number of unbranched alkanes of at least 4 members (excludes halogenated alkanes) is 1. The van der Waals surface area contributed by atoms with Gasteiger partial charge < -0.3 is 0 Å². The Balaban J connectivity index is 3.37. The fraction of sp³-hybridized carbons (Fsp3) is 0.750. The largest absolute Gasteiger partial charge is 0.358 e. The van der Waals surface area contributed by atoms with Crippen LogP contribution >= 0.6 is 93.5 Å². The summed E-state index contributed by atoms with van der Waals surface area (Å²) in [5.74, 6) is 0. The maximum Gasteiger partial charge on any atom is 0.358 e. The molecule has 1 heterocycles. The molecule has 0 saturated carbocycles. The van der Waals surface area contributed by atoms with E-state index >= 15 is 0 Å². The van der Waals surface area contributed by atoms with Crippen molar-refractivity contribution in [3.8, 4) is 0 Å². The third kappa shape index (κ3) is 6.30. The second-order valence-electron chi connectivity index (χ2n) is 3.69. The van der Waals surface area contributed by atoms with Gasteiger partial charge in [-0.2, -0.15) is 8.17 Å². The molecule has 13 heteroatoms. The molecule has 122 valence electrons. The minimum Gasteiger partial charge on any atom is -0.245 e. The zero-order valence-corrected chi connectivity index (χ0v) is 16.5. The van der Waals surface area contributed by atoms with Gasteiger partial charge in [0.05, 0.1) is 0 Å². The van der Waals surface area contributed by atoms with Gasteiger partial charge >= 0.3 is 11.4 Å². The third-order valence-electron chi connectivity index (χ3n) is 2.07. The molecule has 1 rings (SSSR count). The number of rotatable bonds is 5. The van der Waals surface area contributed by atoms with Crippen LogP contribution in [0.3, 0.4) is 0 Å². The normalized spacial score (nSPS) is 12.9. The lowest BCUT2D eigenvalue weighted by atomic mass is 10.3. The van der Waals surface area contributed by atoms with Crippen molar-refractivity contribution in [3.05, 3.63) is 21.0 Å². The molecular weight excluding hydrogens is 447 g/mol. The molecular formula is C8H9Cl6N3O2S2. The van der Waals surface area contributed by atoms with Crippen LogP contribution in [-0.2, 0) is 6.54 Å². The lowest BCUT2D eigenvalue weighted by Crippen LogP contribution is -2.28. The standard InChI is InChI=1S/C8H9Cl6N3O2S2/c1-2-3-4-15-5(18)16(20-7(9,10)11)17(6(15)19)21-8(12,13)14/h2-4H2,1H3. The quantitative estimate of drug-likeness (QED) is 0.622. The second-order valence-corrected chi connectivity index (χ2v) is 11.9. The number of aromatic nitrogens is 3. The van der Waals surface area contributed by atoms with Gasteiger partial charge in [0, 0.05) is 30.4 Å². The van der Waals surface area contributed by atoms with Crippen LogP contribution in [0.5, 0.6) is 0 Å². The highest BCUT2D eigenvalue weighted by Crippen LogP contribution is 2.42. The van der Waals surface area contributed by atoms with Crippen LogP contribution in [0.1, 0.15) is 19.8 Å². The van der Waals surface area contributed by atoms with E-state index in [2.05, 4.69) is 0 Å². The first kappa shape index (κ1) is 20.2. The van der Waals surface area contributed by atoms with Gasteiger partial charge in [-0.25, -0.2) is 14.2 Å². The monoisotopic (exact) mass is 453 g/mol. The highest BCUT2D eigenvalue weighted by atomic mass is 35.6. The van der Waals surface area contributed by atoms with Gasteiger partial charge in [-0.3, -0.25) is 0 Å². The number of nitrogens with zero attached hydrogens (tertiary/aromatic N) is 3. The minimum atomic E-state index is -1.86. The summed E-state index contributed by atoms with van der Waals surface area (Å²) in [6.07, 6.45) is 1.43. The van der Waals surface area contributed by atoms with Crippen molar-refractivity contribution >= 4 is 93.5 Å². The van der Waals surface area contributed by atoms with Crippen LogP contribution in [0.15, 0.2) is 9.59 Å². The van der Waals surface area contributed by atoms with Gasteiger partial charge in [0.15, 0.2) is 0 Å². The van der Waals surface area contributed by atoms with Crippen LogP contribution in [0.2, 0.25) is 0 Å². The van der Waals surface area contributed by atoms with Crippen LogP contribution in [0, 0.1) is 0 Å². The molecule has 1 aromatic heterocycles. The zero-order valence-electron chi connectivity index (χ0n) is 10.4. The van der Waals surface area contributed by atoms with Gasteiger partial charge in [-0.05, 0) is 6.42 Å². The van der Waals surface area contributed by atoms with Crippen molar-refractivity contribution in [1.82, 2.24) is 12.7 Å². The summed E-state index contributed by atoms with van der Waals surface area (Å²) in [6, 6.07) is 0. The minimum absolute atomic E-state index is 0.224. The van der Waals surface area contributed by atoms with Crippen LogP contribution in [-0.4, -0.2) is 19.0 Å². The SMILES string of the molecule is CCCCn1c(=O)n(SC(Cl)(Cl)Cl)n(SC(Cl)(Cl)Cl)c1=O. The van der Waals surface area contributed by atoms with E-state index < -0.39 is 17.6 Å². The van der Waals surface area contributed by atoms with Crippen molar-refractivity contribution < 1.29 is 0 Å². The highest BCUT2D eigenvalue weighted by molar-refractivity contribution is 8.05. The molecule has 0 amide bonds. The summed E-state index contributed by atoms with van der Waals surface area (Å²) in [7, 11) is 0. The number of hydrogen-bond acceptors (Lipinski definition) is 4. The topological polar surface area (TPSA) is 48.9 Å². The van der Waals surface area contributed by atoms with E-state index in [0.717, 1.165) is 19.2 Å². The van der Waals surface area contributed by atoms with Crippen LogP contribution in [0.25, 0.3) is 0 Å². The van der Waals surface area contributed by atoms with E-state index in [1.165, 1.54) is 0 Å². The van der Waals surface area contributed by atoms with Crippen molar-refractivity contribution in [2.75, 3.05) is 0 Å². The molecule has 0 N–H and O–H groups in total. The Morgan fingerprint density at radius 1 is 0.905 bits per heavy atom. The first-order valence-electron chi connectivity index (χ1n) is 5.43. The summed E-state index contributed by atoms with van der Waals surface area (Å²) < 4.78 is -1.00. The van der Waals surface area contributed by atoms with E-state index in [-0.39, 0.29) is 6.54 Å². The average molecular weight is 456 g/mol. The number of halogens is 6. The Bertz CT molecular complexity index is 552. The summed E-state index contributed by atoms with van der Waals surface area (Å²) >= 11 is 34.9. The Labute approximate surface area is 159 Å². The van der Waals surface area contributed by atoms with E-state index in [1.54, 1.807) is 0 Å². The molecule has 1 aromatic rings. The number of alkyl halides is 6. The summed E-state index contributed by atoms with van der Waals surface area (Å²) in [6.45, 7) is 2.15. The molecule has 0 aliphatic carbocycles. The van der Waals surface area contributed by atoms with Gasteiger partial charge in [0.2, 0.25) is 0 Å². The molecule has 0 fully saturated rings. The van der Waals surface area contributed by atoms with Crippen LogP contribution < -0.4 is 11.4 Å². The molecule has 0 unspecified atom stereocenters. The second kappa shape index (κ2) is 7.83. The fourth-order valence-corrected chi connectivity index (χ4v) is 3.71. The predicted molar refractivity (Wildman–Crippen MR) is 94.4 cm³/mol. The lowest BCUT2D eigenvalue weighted by Gasteiger charge is -2.14. The van der Waals surface area contributed by atoms with Crippen molar-refractivity contribution in [1.29, 1.82) is 0 Å². The molecule has 5 nitrogen and oxygen atoms in total. The summed E-state index contributed by atoms with van der Waals surface area (Å²) in [5.41, 5.74) is -1.32. The molecule has 0 aromatic carbocycles. The molecule has 21 heavy (non-hydrogen) atoms. The van der Waals surface area contributed by atoms with Gasteiger partial charge in [0.25, 0.3) is 6.25 Å². The third-order valence-corrected chi connectivity index (χ3v) is 4.81. The van der Waals surface area contributed by atoms with E-state index in [9.17, 15) is 9.59 Å². The van der Waals surface area contributed by atoms with E-state index in [4.69, 9.17) is 69.6 Å². The van der Waals surface area contributed by atoms with Gasteiger partial charge in [0.1, 0.15) is 0 Å². The Hall–Kier alpha value is 1.18. The number of hydrogen-bond donors (Lipinski definition) is 0. The Morgan fingerprint density at radius 3 is 1.57 bits per heavy atom. The molecule has 0 atom stereocenters. The lowest BCUT2D eigenvalue weighted by molar-refractivity contribution is 0.597. The van der Waals surface area contributed by atoms with Crippen molar-refractivity contribution in [3.63, 3.8) is 0 Å². The first-order chi connectivity index (χ1) is 9.46. The van der Waals surface area contributed by atoms with E-state index in [0.29, 0.717) is 30.3 Å².